The Balaban J connectivity index is 2.22. The monoisotopic (exact) mass is 334 g/mol. The van der Waals surface area contributed by atoms with Gasteiger partial charge < -0.3 is 10.6 Å². The van der Waals surface area contributed by atoms with Gasteiger partial charge in [-0.05, 0) is 56.3 Å². The van der Waals surface area contributed by atoms with Crippen molar-refractivity contribution in [1.29, 1.82) is 0 Å². The van der Waals surface area contributed by atoms with Crippen LogP contribution in [0.15, 0.2) is 0 Å². The summed E-state index contributed by atoms with van der Waals surface area (Å²) in [7, 11) is 2.18. The van der Waals surface area contributed by atoms with E-state index in [2.05, 4.69) is 46.6 Å². The van der Waals surface area contributed by atoms with Crippen LogP contribution in [0, 0.1) is 10.5 Å². The molecule has 2 atom stereocenters. The number of hydrogen-bond donors (Lipinski definition) is 1. The molecular weight excluding hydrogens is 315 g/mol. The fourth-order valence-electron chi connectivity index (χ4n) is 2.31. The highest BCUT2D eigenvalue weighted by atomic mass is 127. The summed E-state index contributed by atoms with van der Waals surface area (Å²) in [5.41, 5.74) is 7.14. The Labute approximate surface area is 110 Å². The molecule has 0 saturated carbocycles. The van der Waals surface area contributed by atoms with Crippen molar-refractivity contribution in [2.75, 3.05) is 19.3 Å². The van der Waals surface area contributed by atoms with Crippen molar-refractivity contribution in [1.82, 2.24) is 14.7 Å². The Hall–Kier alpha value is -0.300. The van der Waals surface area contributed by atoms with Crippen LogP contribution in [0.1, 0.15) is 31.5 Å². The topological polar surface area (TPSA) is 47.1 Å². The normalized spacial score (nSPS) is 27.2. The van der Waals surface area contributed by atoms with Crippen LogP contribution in [-0.2, 0) is 0 Å². The van der Waals surface area contributed by atoms with Gasteiger partial charge in [-0.25, -0.2) is 4.68 Å². The summed E-state index contributed by atoms with van der Waals surface area (Å²) in [6, 6.07) is 1.08. The molecule has 2 heterocycles. The van der Waals surface area contributed by atoms with Crippen LogP contribution in [-0.4, -0.2) is 34.3 Å². The van der Waals surface area contributed by atoms with Crippen molar-refractivity contribution in [3.8, 4) is 0 Å². The molecule has 1 aromatic heterocycles. The summed E-state index contributed by atoms with van der Waals surface area (Å²) in [6.07, 6.45) is 2.28. The fraction of sp³-hybridized carbons (Fsp3) is 0.727. The number of hydrogen-bond acceptors (Lipinski definition) is 3. The van der Waals surface area contributed by atoms with Gasteiger partial charge >= 0.3 is 0 Å². The minimum absolute atomic E-state index is 0.466. The van der Waals surface area contributed by atoms with E-state index in [1.165, 1.54) is 0 Å². The second kappa shape index (κ2) is 4.52. The van der Waals surface area contributed by atoms with E-state index in [-0.39, 0.29) is 0 Å². The number of anilines is 1. The lowest BCUT2D eigenvalue weighted by atomic mass is 9.99. The van der Waals surface area contributed by atoms with E-state index in [0.717, 1.165) is 34.5 Å². The molecule has 0 aromatic carbocycles. The first-order valence-electron chi connectivity index (χ1n) is 5.71. The first-order valence-corrected chi connectivity index (χ1v) is 6.79. The average molecular weight is 334 g/mol. The van der Waals surface area contributed by atoms with E-state index in [1.54, 1.807) is 0 Å². The zero-order chi connectivity index (χ0) is 11.9. The number of rotatable bonds is 1. The Morgan fingerprint density at radius 3 is 2.69 bits per heavy atom. The average Bonchev–Trinajstić information content (AvgIpc) is 2.50. The summed E-state index contributed by atoms with van der Waals surface area (Å²) in [5, 5.41) is 4.56. The number of halogens is 1. The van der Waals surface area contributed by atoms with E-state index in [0.29, 0.717) is 12.1 Å². The highest BCUT2D eigenvalue weighted by Gasteiger charge is 2.26. The van der Waals surface area contributed by atoms with Gasteiger partial charge in [-0.2, -0.15) is 5.10 Å². The molecule has 0 amide bonds. The van der Waals surface area contributed by atoms with E-state index < -0.39 is 0 Å². The van der Waals surface area contributed by atoms with Crippen LogP contribution in [0.2, 0.25) is 0 Å². The molecule has 2 rings (SSSR count). The Morgan fingerprint density at radius 1 is 1.50 bits per heavy atom. The van der Waals surface area contributed by atoms with Gasteiger partial charge in [-0.1, -0.05) is 0 Å². The third-order valence-corrected chi connectivity index (χ3v) is 4.91. The zero-order valence-corrected chi connectivity index (χ0v) is 12.2. The highest BCUT2D eigenvalue weighted by Crippen LogP contribution is 2.30. The number of aryl methyl sites for hydroxylation is 1. The number of nitrogen functional groups attached to an aromatic ring is 1. The van der Waals surface area contributed by atoms with Crippen LogP contribution in [0.4, 0.5) is 5.82 Å². The maximum atomic E-state index is 6.09. The third-order valence-electron chi connectivity index (χ3n) is 3.57. The zero-order valence-electron chi connectivity index (χ0n) is 10.1. The number of piperidine rings is 1. The maximum absolute atomic E-state index is 6.09. The summed E-state index contributed by atoms with van der Waals surface area (Å²) >= 11 is 2.28. The lowest BCUT2D eigenvalue weighted by molar-refractivity contribution is 0.151. The van der Waals surface area contributed by atoms with Gasteiger partial charge in [-0.3, -0.25) is 0 Å². The largest absolute Gasteiger partial charge is 0.383 e. The Morgan fingerprint density at radius 2 is 2.19 bits per heavy atom. The molecule has 16 heavy (non-hydrogen) atoms. The van der Waals surface area contributed by atoms with E-state index >= 15 is 0 Å². The van der Waals surface area contributed by atoms with Crippen molar-refractivity contribution in [3.05, 3.63) is 9.26 Å². The molecule has 90 valence electrons. The molecular formula is C11H19IN4. The molecule has 0 radical (unpaired) electrons. The van der Waals surface area contributed by atoms with E-state index in [1.807, 2.05) is 11.6 Å². The molecule has 1 saturated heterocycles. The summed E-state index contributed by atoms with van der Waals surface area (Å²) in [6.45, 7) is 5.41. The van der Waals surface area contributed by atoms with E-state index in [9.17, 15) is 0 Å². The first-order chi connectivity index (χ1) is 7.50. The van der Waals surface area contributed by atoms with Gasteiger partial charge in [-0.15, -0.1) is 0 Å². The van der Waals surface area contributed by atoms with Gasteiger partial charge in [0.15, 0.2) is 0 Å². The molecule has 5 heteroatoms. The quantitative estimate of drug-likeness (QED) is 0.800. The van der Waals surface area contributed by atoms with Gasteiger partial charge in [0.1, 0.15) is 5.82 Å². The molecule has 0 bridgehead atoms. The Kier molecular flexibility index (Phi) is 3.44. The van der Waals surface area contributed by atoms with Crippen LogP contribution in [0.5, 0.6) is 0 Å². The molecule has 2 N–H and O–H groups in total. The van der Waals surface area contributed by atoms with Crippen molar-refractivity contribution in [2.45, 2.75) is 38.8 Å². The number of nitrogens with zero attached hydrogens (tertiary/aromatic N) is 3. The molecule has 1 aliphatic heterocycles. The third kappa shape index (κ3) is 2.07. The highest BCUT2D eigenvalue weighted by molar-refractivity contribution is 14.1. The summed E-state index contributed by atoms with van der Waals surface area (Å²) in [4.78, 5) is 2.40. The molecule has 2 unspecified atom stereocenters. The van der Waals surface area contributed by atoms with Gasteiger partial charge in [0.25, 0.3) is 0 Å². The maximum Gasteiger partial charge on any atom is 0.135 e. The molecule has 1 aliphatic rings. The molecule has 4 nitrogen and oxygen atoms in total. The second-order valence-electron chi connectivity index (χ2n) is 4.74. The predicted octanol–water partition coefficient (Wildman–Crippen LogP) is 2.03. The van der Waals surface area contributed by atoms with Gasteiger partial charge in [0.2, 0.25) is 0 Å². The molecule has 0 spiro atoms. The Bertz CT molecular complexity index is 388. The van der Waals surface area contributed by atoms with Crippen molar-refractivity contribution < 1.29 is 0 Å². The minimum atomic E-state index is 0.466. The second-order valence-corrected chi connectivity index (χ2v) is 5.82. The van der Waals surface area contributed by atoms with E-state index in [4.69, 9.17) is 5.73 Å². The summed E-state index contributed by atoms with van der Waals surface area (Å²) < 4.78 is 3.13. The van der Waals surface area contributed by atoms with Crippen molar-refractivity contribution >= 4 is 28.4 Å². The van der Waals surface area contributed by atoms with Crippen molar-refractivity contribution in [3.63, 3.8) is 0 Å². The molecule has 1 fully saturated rings. The first kappa shape index (κ1) is 12.2. The number of likely N-dealkylation sites (tertiary alicyclic amines) is 1. The van der Waals surface area contributed by atoms with Crippen LogP contribution < -0.4 is 5.73 Å². The fourth-order valence-corrected chi connectivity index (χ4v) is 2.67. The number of aromatic nitrogens is 2. The summed E-state index contributed by atoms with van der Waals surface area (Å²) in [5.74, 6) is 0.833. The number of nitrogens with two attached hydrogens (primary N) is 1. The van der Waals surface area contributed by atoms with Crippen molar-refractivity contribution in [2.24, 2.45) is 0 Å². The van der Waals surface area contributed by atoms with Crippen LogP contribution in [0.3, 0.4) is 0 Å². The van der Waals surface area contributed by atoms with Crippen LogP contribution in [0.25, 0.3) is 0 Å². The minimum Gasteiger partial charge on any atom is -0.383 e. The van der Waals surface area contributed by atoms with Gasteiger partial charge in [0, 0.05) is 12.6 Å². The van der Waals surface area contributed by atoms with Crippen LogP contribution >= 0.6 is 22.6 Å². The molecule has 0 aliphatic carbocycles. The predicted molar refractivity (Wildman–Crippen MR) is 74.5 cm³/mol. The SMILES string of the molecule is Cc1nn(C2CCN(C)C(C)C2)c(N)c1I. The lowest BCUT2D eigenvalue weighted by Crippen LogP contribution is -2.38. The standard InChI is InChI=1S/C11H19IN4/c1-7-6-9(4-5-15(7)3)16-11(13)10(12)8(2)14-16/h7,9H,4-6,13H2,1-3H3. The molecule has 1 aromatic rings. The smallest absolute Gasteiger partial charge is 0.135 e. The van der Waals surface area contributed by atoms with Gasteiger partial charge in [0.05, 0.1) is 15.3 Å². The lowest BCUT2D eigenvalue weighted by Gasteiger charge is -2.35.